The minimum absolute atomic E-state index is 0.173. The molecule has 0 saturated carbocycles. The SMILES string of the molecule is CCN(CC)c1ccc(C2/C(=C(\O)c3cc(C)ccc3C)C(=O)C(=O)N2c2cc(F)ccc2F)cc1. The normalized spacial score (nSPS) is 17.1. The van der Waals surface area contributed by atoms with Crippen LogP contribution in [0.5, 0.6) is 0 Å². The van der Waals surface area contributed by atoms with E-state index in [-0.39, 0.29) is 17.0 Å². The lowest BCUT2D eigenvalue weighted by molar-refractivity contribution is -0.132. The number of Topliss-reactive ketones (excluding diaryl/α,β-unsaturated/α-hetero) is 1. The highest BCUT2D eigenvalue weighted by Gasteiger charge is 2.48. The summed E-state index contributed by atoms with van der Waals surface area (Å²) in [5, 5.41) is 11.4. The molecule has 0 aliphatic carbocycles. The van der Waals surface area contributed by atoms with E-state index in [0.29, 0.717) is 16.7 Å². The second kappa shape index (κ2) is 9.93. The average molecular weight is 491 g/mol. The largest absolute Gasteiger partial charge is 0.507 e. The molecular weight excluding hydrogens is 462 g/mol. The van der Waals surface area contributed by atoms with E-state index in [2.05, 4.69) is 4.90 Å². The number of aryl methyl sites for hydroxylation is 2. The molecule has 3 aromatic rings. The third-order valence-corrected chi connectivity index (χ3v) is 6.60. The summed E-state index contributed by atoms with van der Waals surface area (Å²) in [6, 6.07) is 14.2. The predicted octanol–water partition coefficient (Wildman–Crippen LogP) is 6.05. The fraction of sp³-hybridized carbons (Fsp3) is 0.241. The maximum atomic E-state index is 14.9. The van der Waals surface area contributed by atoms with Crippen molar-refractivity contribution in [2.24, 2.45) is 0 Å². The highest BCUT2D eigenvalue weighted by molar-refractivity contribution is 6.51. The molecule has 5 nitrogen and oxygen atoms in total. The molecule has 36 heavy (non-hydrogen) atoms. The van der Waals surface area contributed by atoms with Gasteiger partial charge in [-0.25, -0.2) is 8.78 Å². The van der Waals surface area contributed by atoms with E-state index in [1.165, 1.54) is 0 Å². The molecular formula is C29H28F2N2O3. The first-order valence-electron chi connectivity index (χ1n) is 11.9. The number of benzene rings is 3. The van der Waals surface area contributed by atoms with Crippen LogP contribution >= 0.6 is 0 Å². The summed E-state index contributed by atoms with van der Waals surface area (Å²) in [7, 11) is 0. The van der Waals surface area contributed by atoms with Gasteiger partial charge in [0.05, 0.1) is 17.3 Å². The summed E-state index contributed by atoms with van der Waals surface area (Å²) < 4.78 is 29.0. The van der Waals surface area contributed by atoms with Crippen LogP contribution in [0.2, 0.25) is 0 Å². The molecule has 4 rings (SSSR count). The number of aliphatic hydroxyl groups excluding tert-OH is 1. The lowest BCUT2D eigenvalue weighted by Gasteiger charge is -2.27. The monoisotopic (exact) mass is 490 g/mol. The minimum atomic E-state index is -1.15. The van der Waals surface area contributed by atoms with E-state index in [9.17, 15) is 23.5 Å². The van der Waals surface area contributed by atoms with Crippen molar-refractivity contribution in [3.63, 3.8) is 0 Å². The lowest BCUT2D eigenvalue weighted by atomic mass is 9.93. The van der Waals surface area contributed by atoms with Gasteiger partial charge in [-0.05, 0) is 69.2 Å². The molecule has 1 saturated heterocycles. The molecule has 0 bridgehead atoms. The number of rotatable bonds is 6. The predicted molar refractivity (Wildman–Crippen MR) is 137 cm³/mol. The van der Waals surface area contributed by atoms with Gasteiger partial charge in [-0.15, -0.1) is 0 Å². The molecule has 1 N–H and O–H groups in total. The summed E-state index contributed by atoms with van der Waals surface area (Å²) in [5.74, 6) is -3.96. The number of hydrogen-bond acceptors (Lipinski definition) is 4. The van der Waals surface area contributed by atoms with Crippen LogP contribution in [-0.4, -0.2) is 29.9 Å². The number of ketones is 1. The Labute approximate surface area is 209 Å². The second-order valence-electron chi connectivity index (χ2n) is 8.85. The van der Waals surface area contributed by atoms with E-state index >= 15 is 0 Å². The van der Waals surface area contributed by atoms with Crippen LogP contribution in [0.15, 0.2) is 66.2 Å². The number of carbonyl (C=O) groups excluding carboxylic acids is 2. The molecule has 0 aromatic heterocycles. The van der Waals surface area contributed by atoms with Crippen molar-refractivity contribution < 1.29 is 23.5 Å². The standard InChI is InChI=1S/C29H28F2N2O3/c1-5-32(6-2)21-12-9-19(10-13-21)26-25(27(34)22-15-17(3)7-8-18(22)4)28(35)29(36)33(26)24-16-20(30)11-14-23(24)31/h7-16,26,34H,5-6H2,1-4H3/b27-25+. The molecule has 7 heteroatoms. The maximum absolute atomic E-state index is 14.9. The molecule has 0 spiro atoms. The van der Waals surface area contributed by atoms with Gasteiger partial charge in [0.1, 0.15) is 17.4 Å². The second-order valence-corrected chi connectivity index (χ2v) is 8.85. The van der Waals surface area contributed by atoms with Gasteiger partial charge in [0.15, 0.2) is 0 Å². The number of anilines is 2. The molecule has 186 valence electrons. The average Bonchev–Trinajstić information content (AvgIpc) is 3.13. The van der Waals surface area contributed by atoms with Gasteiger partial charge >= 0.3 is 0 Å². The number of nitrogens with zero attached hydrogens (tertiary/aromatic N) is 2. The van der Waals surface area contributed by atoms with Gasteiger partial charge in [0, 0.05) is 30.4 Å². The van der Waals surface area contributed by atoms with Crippen molar-refractivity contribution in [2.45, 2.75) is 33.7 Å². The third-order valence-electron chi connectivity index (χ3n) is 6.60. The molecule has 1 fully saturated rings. The molecule has 1 amide bonds. The smallest absolute Gasteiger partial charge is 0.300 e. The highest BCUT2D eigenvalue weighted by Crippen LogP contribution is 2.43. The van der Waals surface area contributed by atoms with Gasteiger partial charge in [-0.3, -0.25) is 14.5 Å². The Kier molecular flexibility index (Phi) is 6.93. The quantitative estimate of drug-likeness (QED) is 0.259. The molecule has 1 aliphatic heterocycles. The van der Waals surface area contributed by atoms with Crippen LogP contribution < -0.4 is 9.80 Å². The van der Waals surface area contributed by atoms with Crippen molar-refractivity contribution in [1.82, 2.24) is 0 Å². The Bertz CT molecular complexity index is 1360. The number of aliphatic hydroxyl groups is 1. The highest BCUT2D eigenvalue weighted by atomic mass is 19.1. The molecule has 0 radical (unpaired) electrons. The van der Waals surface area contributed by atoms with Crippen LogP contribution in [0.3, 0.4) is 0 Å². The van der Waals surface area contributed by atoms with E-state index in [4.69, 9.17) is 0 Å². The number of carbonyl (C=O) groups is 2. The molecule has 3 aromatic carbocycles. The first-order chi connectivity index (χ1) is 17.2. The Balaban J connectivity index is 1.96. The first-order valence-corrected chi connectivity index (χ1v) is 11.9. The zero-order chi connectivity index (χ0) is 26.1. The van der Waals surface area contributed by atoms with Crippen LogP contribution in [0.4, 0.5) is 20.2 Å². The number of halogens is 2. The van der Waals surface area contributed by atoms with Crippen LogP contribution in [0.25, 0.3) is 5.76 Å². The van der Waals surface area contributed by atoms with E-state index in [1.54, 1.807) is 31.2 Å². The van der Waals surface area contributed by atoms with Crippen molar-refractivity contribution in [2.75, 3.05) is 22.9 Å². The number of amides is 1. The van der Waals surface area contributed by atoms with Crippen molar-refractivity contribution in [3.8, 4) is 0 Å². The van der Waals surface area contributed by atoms with Gasteiger partial charge in [0.2, 0.25) is 0 Å². The topological polar surface area (TPSA) is 60.9 Å². The Morgan fingerprint density at radius 3 is 2.25 bits per heavy atom. The van der Waals surface area contributed by atoms with Gasteiger partial charge in [0.25, 0.3) is 11.7 Å². The van der Waals surface area contributed by atoms with Crippen molar-refractivity contribution >= 4 is 28.8 Å². The zero-order valence-corrected chi connectivity index (χ0v) is 20.7. The summed E-state index contributed by atoms with van der Waals surface area (Å²) >= 11 is 0. The molecule has 1 atom stereocenters. The third kappa shape index (κ3) is 4.37. The van der Waals surface area contributed by atoms with Gasteiger partial charge in [-0.2, -0.15) is 0 Å². The Hall–Kier alpha value is -4.00. The molecule has 1 heterocycles. The summed E-state index contributed by atoms with van der Waals surface area (Å²) in [4.78, 5) is 29.6. The van der Waals surface area contributed by atoms with Crippen LogP contribution in [-0.2, 0) is 9.59 Å². The van der Waals surface area contributed by atoms with Gasteiger partial charge in [-0.1, -0.05) is 29.8 Å². The lowest BCUT2D eigenvalue weighted by Crippen LogP contribution is -2.30. The van der Waals surface area contributed by atoms with Crippen molar-refractivity contribution in [3.05, 3.63) is 100 Å². The molecule has 1 unspecified atom stereocenters. The Morgan fingerprint density at radius 2 is 1.61 bits per heavy atom. The van der Waals surface area contributed by atoms with E-state index in [0.717, 1.165) is 47.4 Å². The van der Waals surface area contributed by atoms with E-state index in [1.807, 2.05) is 39.0 Å². The van der Waals surface area contributed by atoms with Gasteiger partial charge < -0.3 is 10.0 Å². The summed E-state index contributed by atoms with van der Waals surface area (Å²) in [5.41, 5.74) is 2.85. The van der Waals surface area contributed by atoms with E-state index < -0.39 is 29.4 Å². The Morgan fingerprint density at radius 1 is 0.944 bits per heavy atom. The fourth-order valence-electron chi connectivity index (χ4n) is 4.66. The van der Waals surface area contributed by atoms with Crippen molar-refractivity contribution in [1.29, 1.82) is 0 Å². The summed E-state index contributed by atoms with van der Waals surface area (Å²) in [6.07, 6.45) is 0. The summed E-state index contributed by atoms with van der Waals surface area (Å²) in [6.45, 7) is 9.27. The number of hydrogen-bond donors (Lipinski definition) is 1. The first kappa shape index (κ1) is 25.1. The maximum Gasteiger partial charge on any atom is 0.300 e. The zero-order valence-electron chi connectivity index (χ0n) is 20.7. The van der Waals surface area contributed by atoms with Crippen LogP contribution in [0, 0.1) is 25.5 Å². The minimum Gasteiger partial charge on any atom is -0.507 e. The van der Waals surface area contributed by atoms with Crippen LogP contribution in [0.1, 0.15) is 42.1 Å². The fourth-order valence-corrected chi connectivity index (χ4v) is 4.66. The molecule has 1 aliphatic rings.